The van der Waals surface area contributed by atoms with Crippen molar-refractivity contribution in [3.63, 3.8) is 0 Å². The number of ether oxygens (including phenoxy) is 1. The summed E-state index contributed by atoms with van der Waals surface area (Å²) in [6, 6.07) is 25.5. The number of pyridine rings is 1. The van der Waals surface area contributed by atoms with E-state index >= 15 is 0 Å². The van der Waals surface area contributed by atoms with Gasteiger partial charge >= 0.3 is 0 Å². The van der Waals surface area contributed by atoms with Crippen molar-refractivity contribution >= 4 is 34.1 Å². The van der Waals surface area contributed by atoms with Crippen LogP contribution >= 0.6 is 11.3 Å². The van der Waals surface area contributed by atoms with Crippen LogP contribution in [0.1, 0.15) is 9.67 Å². The highest BCUT2D eigenvalue weighted by Gasteiger charge is 2.18. The molecule has 0 aliphatic heterocycles. The van der Waals surface area contributed by atoms with Crippen molar-refractivity contribution in [1.29, 1.82) is 0 Å². The average molecular weight is 469 g/mol. The molecule has 0 radical (unpaired) electrons. The molecular weight excluding hydrogens is 444 g/mol. The number of rotatable bonds is 6. The van der Waals surface area contributed by atoms with Gasteiger partial charge in [-0.15, -0.1) is 11.3 Å². The number of methoxy groups -OCH3 is 1. The molecule has 3 heterocycles. The van der Waals surface area contributed by atoms with E-state index in [0.29, 0.717) is 4.88 Å². The molecule has 5 rings (SSSR count). The van der Waals surface area contributed by atoms with Crippen molar-refractivity contribution in [3.8, 4) is 27.7 Å². The highest BCUT2D eigenvalue weighted by atomic mass is 32.1. The lowest BCUT2D eigenvalue weighted by Gasteiger charge is -2.12. The number of benzene rings is 2. The number of aromatic nitrogens is 2. The third-order valence-corrected chi connectivity index (χ3v) is 6.66. The number of carbonyl (C=O) groups is 1. The number of hydrogen-bond donors (Lipinski definition) is 1. The van der Waals surface area contributed by atoms with E-state index in [-0.39, 0.29) is 5.91 Å². The summed E-state index contributed by atoms with van der Waals surface area (Å²) < 4.78 is 7.45. The van der Waals surface area contributed by atoms with Gasteiger partial charge in [-0.25, -0.2) is 4.98 Å². The minimum atomic E-state index is -0.136. The number of thiophene rings is 1. The number of nitrogens with zero attached hydrogens (tertiary/aromatic N) is 3. The van der Waals surface area contributed by atoms with E-state index in [0.717, 1.165) is 44.6 Å². The largest absolute Gasteiger partial charge is 0.497 e. The lowest BCUT2D eigenvalue weighted by Crippen LogP contribution is -2.11. The van der Waals surface area contributed by atoms with Crippen molar-refractivity contribution in [3.05, 3.63) is 89.9 Å². The first-order valence-electron chi connectivity index (χ1n) is 10.8. The molecule has 0 aliphatic carbocycles. The Morgan fingerprint density at radius 3 is 2.59 bits per heavy atom. The topological polar surface area (TPSA) is 58.9 Å². The van der Waals surface area contributed by atoms with Crippen LogP contribution in [-0.2, 0) is 0 Å². The van der Waals surface area contributed by atoms with Gasteiger partial charge < -0.3 is 15.0 Å². The van der Waals surface area contributed by atoms with E-state index in [9.17, 15) is 4.79 Å². The molecule has 0 atom stereocenters. The molecule has 170 valence electrons. The third-order valence-electron chi connectivity index (χ3n) is 5.58. The number of fused-ring (bicyclic) bond motifs is 1. The number of hydrogen-bond acceptors (Lipinski definition) is 5. The van der Waals surface area contributed by atoms with E-state index in [1.807, 2.05) is 104 Å². The third kappa shape index (κ3) is 4.13. The minimum Gasteiger partial charge on any atom is -0.497 e. The van der Waals surface area contributed by atoms with Gasteiger partial charge in [-0.05, 0) is 60.7 Å². The zero-order chi connectivity index (χ0) is 23.7. The van der Waals surface area contributed by atoms with E-state index in [2.05, 4.69) is 9.72 Å². The molecular formula is C27H24N4O2S. The van der Waals surface area contributed by atoms with Crippen LogP contribution in [0.2, 0.25) is 0 Å². The summed E-state index contributed by atoms with van der Waals surface area (Å²) >= 11 is 1.42. The van der Waals surface area contributed by atoms with Crippen LogP contribution in [0.25, 0.3) is 27.5 Å². The van der Waals surface area contributed by atoms with E-state index in [4.69, 9.17) is 9.72 Å². The monoisotopic (exact) mass is 468 g/mol. The first kappa shape index (κ1) is 21.7. The average Bonchev–Trinajstić information content (AvgIpc) is 3.50. The minimum absolute atomic E-state index is 0.136. The fraction of sp³-hybridized carbons (Fsp3) is 0.111. The summed E-state index contributed by atoms with van der Waals surface area (Å²) in [5.41, 5.74) is 4.68. The molecule has 34 heavy (non-hydrogen) atoms. The summed E-state index contributed by atoms with van der Waals surface area (Å²) in [5.74, 6) is 1.44. The molecule has 5 aromatic rings. The first-order valence-corrected chi connectivity index (χ1v) is 11.7. The molecule has 7 heteroatoms. The van der Waals surface area contributed by atoms with Crippen LogP contribution in [-0.4, -0.2) is 36.5 Å². The zero-order valence-electron chi connectivity index (χ0n) is 19.1. The summed E-state index contributed by atoms with van der Waals surface area (Å²) in [6.07, 6.45) is 1.99. The highest BCUT2D eigenvalue weighted by Crippen LogP contribution is 2.34. The molecule has 0 saturated heterocycles. The Morgan fingerprint density at radius 2 is 1.82 bits per heavy atom. The van der Waals surface area contributed by atoms with Gasteiger partial charge in [-0.3, -0.25) is 9.20 Å². The predicted octanol–water partition coefficient (Wildman–Crippen LogP) is 6.06. The van der Waals surface area contributed by atoms with Gasteiger partial charge in [-0.1, -0.05) is 18.2 Å². The van der Waals surface area contributed by atoms with E-state index in [1.165, 1.54) is 11.3 Å². The van der Waals surface area contributed by atoms with Gasteiger partial charge in [0.1, 0.15) is 5.75 Å². The molecule has 0 bridgehead atoms. The quantitative estimate of drug-likeness (QED) is 0.329. The number of nitrogens with one attached hydrogen (secondary N) is 1. The molecule has 1 amide bonds. The Bertz CT molecular complexity index is 1470. The van der Waals surface area contributed by atoms with E-state index < -0.39 is 0 Å². The van der Waals surface area contributed by atoms with Gasteiger partial charge in [0.2, 0.25) is 0 Å². The van der Waals surface area contributed by atoms with Crippen molar-refractivity contribution in [2.24, 2.45) is 0 Å². The Morgan fingerprint density at radius 1 is 1.00 bits per heavy atom. The summed E-state index contributed by atoms with van der Waals surface area (Å²) in [5, 5.41) is 2.98. The van der Waals surface area contributed by atoms with Crippen LogP contribution in [0.15, 0.2) is 85.1 Å². The Balaban J connectivity index is 1.46. The van der Waals surface area contributed by atoms with Crippen LogP contribution in [0.5, 0.6) is 5.75 Å². The zero-order valence-corrected chi connectivity index (χ0v) is 20.0. The number of amides is 1. The highest BCUT2D eigenvalue weighted by molar-refractivity contribution is 7.17. The molecule has 0 spiro atoms. The van der Waals surface area contributed by atoms with Gasteiger partial charge in [-0.2, -0.15) is 0 Å². The maximum Gasteiger partial charge on any atom is 0.265 e. The predicted molar refractivity (Wildman–Crippen MR) is 139 cm³/mol. The van der Waals surface area contributed by atoms with Crippen molar-refractivity contribution in [2.75, 3.05) is 31.4 Å². The van der Waals surface area contributed by atoms with Crippen LogP contribution in [0, 0.1) is 0 Å². The SMILES string of the molecule is COc1cccc(-c2nc(-c3ccc(C(=O)Nc4ccc(N(C)C)cc4)s3)n3ccccc23)c1. The molecule has 0 saturated carbocycles. The lowest BCUT2D eigenvalue weighted by atomic mass is 10.1. The first-order chi connectivity index (χ1) is 16.5. The summed E-state index contributed by atoms with van der Waals surface area (Å²) in [6.45, 7) is 0. The molecule has 6 nitrogen and oxygen atoms in total. The maximum atomic E-state index is 12.9. The number of carbonyl (C=O) groups excluding carboxylic acids is 1. The van der Waals surface area contributed by atoms with Gasteiger partial charge in [0.15, 0.2) is 5.82 Å². The fourth-order valence-corrected chi connectivity index (χ4v) is 4.70. The standard InChI is InChI=1S/C27H24N4O2S/c1-30(2)20-12-10-19(11-13-20)28-27(32)24-15-14-23(34-24)26-29-25(22-9-4-5-16-31(22)26)18-7-6-8-21(17-18)33-3/h4-17H,1-3H3,(H,28,32). The van der Waals surface area contributed by atoms with Crippen molar-refractivity contribution in [1.82, 2.24) is 9.38 Å². The Kier molecular flexibility index (Phi) is 5.77. The maximum absolute atomic E-state index is 12.9. The Hall–Kier alpha value is -4.10. The van der Waals surface area contributed by atoms with E-state index in [1.54, 1.807) is 7.11 Å². The smallest absolute Gasteiger partial charge is 0.265 e. The van der Waals surface area contributed by atoms with Crippen LogP contribution in [0.3, 0.4) is 0 Å². The van der Waals surface area contributed by atoms with Crippen molar-refractivity contribution < 1.29 is 9.53 Å². The molecule has 0 aliphatic rings. The summed E-state index contributed by atoms with van der Waals surface area (Å²) in [7, 11) is 5.63. The molecule has 1 N–H and O–H groups in total. The Labute approximate surface area is 202 Å². The normalized spacial score (nSPS) is 10.9. The molecule has 0 unspecified atom stereocenters. The molecule has 2 aromatic carbocycles. The van der Waals surface area contributed by atoms with Gasteiger partial charge in [0.25, 0.3) is 5.91 Å². The van der Waals surface area contributed by atoms with Crippen LogP contribution in [0.4, 0.5) is 11.4 Å². The lowest BCUT2D eigenvalue weighted by molar-refractivity contribution is 0.103. The molecule has 3 aromatic heterocycles. The van der Waals surface area contributed by atoms with Crippen molar-refractivity contribution in [2.45, 2.75) is 0 Å². The summed E-state index contributed by atoms with van der Waals surface area (Å²) in [4.78, 5) is 21.4. The fourth-order valence-electron chi connectivity index (χ4n) is 3.81. The second-order valence-electron chi connectivity index (χ2n) is 8.03. The van der Waals surface area contributed by atoms with Gasteiger partial charge in [0, 0.05) is 37.2 Å². The van der Waals surface area contributed by atoms with Gasteiger partial charge in [0.05, 0.1) is 28.1 Å². The molecule has 0 fully saturated rings. The second kappa shape index (κ2) is 9.03. The second-order valence-corrected chi connectivity index (χ2v) is 9.11. The van der Waals surface area contributed by atoms with Crippen LogP contribution < -0.4 is 15.0 Å². The number of imidazole rings is 1. The number of anilines is 2.